The molecule has 146 valence electrons. The van der Waals surface area contributed by atoms with Crippen LogP contribution in [0.1, 0.15) is 26.3 Å². The van der Waals surface area contributed by atoms with Crippen LogP contribution in [0, 0.1) is 0 Å². The predicted octanol–water partition coefficient (Wildman–Crippen LogP) is 4.99. The van der Waals surface area contributed by atoms with Gasteiger partial charge in [0.2, 0.25) is 0 Å². The van der Waals surface area contributed by atoms with Crippen LogP contribution in [0.5, 0.6) is 5.75 Å². The minimum atomic E-state index is -0.394. The van der Waals surface area contributed by atoms with Crippen molar-refractivity contribution < 1.29 is 14.3 Å². The van der Waals surface area contributed by atoms with Gasteiger partial charge in [-0.25, -0.2) is 0 Å². The number of nitrogens with one attached hydrogen (secondary N) is 1. The summed E-state index contributed by atoms with van der Waals surface area (Å²) in [6, 6.07) is 11.7. The van der Waals surface area contributed by atoms with Crippen LogP contribution in [0.4, 0.5) is 5.69 Å². The summed E-state index contributed by atoms with van der Waals surface area (Å²) < 4.78 is 5.44. The summed E-state index contributed by atoms with van der Waals surface area (Å²) in [5.74, 6) is -0.0619. The summed E-state index contributed by atoms with van der Waals surface area (Å²) in [6.07, 6.45) is 0. The number of nitrogens with zero attached hydrogens (tertiary/aromatic N) is 1. The number of rotatable bonds is 6. The summed E-state index contributed by atoms with van der Waals surface area (Å²) in [6.45, 7) is 6.04. The minimum Gasteiger partial charge on any atom is -0.494 e. The van der Waals surface area contributed by atoms with Crippen LogP contribution in [-0.4, -0.2) is 29.4 Å². The van der Waals surface area contributed by atoms with Crippen LogP contribution < -0.4 is 10.1 Å². The lowest BCUT2D eigenvalue weighted by atomic mass is 10.0. The molecule has 1 heterocycles. The fourth-order valence-corrected chi connectivity index (χ4v) is 3.52. The third-order valence-corrected chi connectivity index (χ3v) is 4.81. The van der Waals surface area contributed by atoms with E-state index in [1.807, 2.05) is 6.92 Å². The van der Waals surface area contributed by atoms with Crippen LogP contribution in [0.3, 0.4) is 0 Å². The first-order chi connectivity index (χ1) is 13.3. The summed E-state index contributed by atoms with van der Waals surface area (Å²) >= 11 is 12.3. The highest BCUT2D eigenvalue weighted by Gasteiger charge is 2.41. The van der Waals surface area contributed by atoms with Crippen molar-refractivity contribution in [3.05, 3.63) is 63.8 Å². The third kappa shape index (κ3) is 3.86. The van der Waals surface area contributed by atoms with E-state index < -0.39 is 11.8 Å². The molecule has 7 heteroatoms. The van der Waals surface area contributed by atoms with Gasteiger partial charge < -0.3 is 10.1 Å². The molecule has 28 heavy (non-hydrogen) atoms. The van der Waals surface area contributed by atoms with Crippen molar-refractivity contribution in [1.29, 1.82) is 0 Å². The molecule has 1 aliphatic heterocycles. The molecule has 0 unspecified atom stereocenters. The van der Waals surface area contributed by atoms with E-state index in [9.17, 15) is 9.59 Å². The van der Waals surface area contributed by atoms with E-state index in [1.54, 1.807) is 56.3 Å². The summed E-state index contributed by atoms with van der Waals surface area (Å²) in [4.78, 5) is 27.2. The Balaban J connectivity index is 2.06. The van der Waals surface area contributed by atoms with E-state index >= 15 is 0 Å². The maximum absolute atomic E-state index is 13.0. The van der Waals surface area contributed by atoms with Crippen LogP contribution in [-0.2, 0) is 9.59 Å². The molecular weight excluding hydrogens is 399 g/mol. The van der Waals surface area contributed by atoms with E-state index in [0.717, 1.165) is 5.75 Å². The largest absolute Gasteiger partial charge is 0.494 e. The fraction of sp³-hybridized carbons (Fsp3) is 0.238. The molecule has 0 aliphatic carbocycles. The number of halogens is 2. The average Bonchev–Trinajstić information content (AvgIpc) is 2.87. The van der Waals surface area contributed by atoms with Gasteiger partial charge in [-0.3, -0.25) is 14.5 Å². The summed E-state index contributed by atoms with van der Waals surface area (Å²) in [5.41, 5.74) is 1.54. The molecule has 3 rings (SSSR count). The van der Waals surface area contributed by atoms with Gasteiger partial charge in [-0.15, -0.1) is 0 Å². The van der Waals surface area contributed by atoms with Crippen LogP contribution in [0.25, 0.3) is 5.57 Å². The first kappa shape index (κ1) is 20.2. The number of anilines is 1. The molecule has 0 saturated heterocycles. The molecule has 2 aromatic carbocycles. The van der Waals surface area contributed by atoms with Gasteiger partial charge in [-0.05, 0) is 57.2 Å². The zero-order valence-corrected chi connectivity index (χ0v) is 17.3. The van der Waals surface area contributed by atoms with E-state index in [-0.39, 0.29) is 17.3 Å². The predicted molar refractivity (Wildman–Crippen MR) is 112 cm³/mol. The lowest BCUT2D eigenvalue weighted by molar-refractivity contribution is -0.138. The van der Waals surface area contributed by atoms with Gasteiger partial charge in [0.25, 0.3) is 11.8 Å². The summed E-state index contributed by atoms with van der Waals surface area (Å²) in [7, 11) is 0. The van der Waals surface area contributed by atoms with Crippen LogP contribution in [0.15, 0.2) is 48.2 Å². The van der Waals surface area contributed by atoms with Gasteiger partial charge >= 0.3 is 0 Å². The molecule has 0 atom stereocenters. The Labute approximate surface area is 173 Å². The quantitative estimate of drug-likeness (QED) is 0.670. The number of carbonyl (C=O) groups excluding carboxylic acids is 2. The van der Waals surface area contributed by atoms with E-state index in [0.29, 0.717) is 27.9 Å². The standard InChI is InChI=1S/C21H20Cl2N2O3/c1-4-28-15-8-6-14(7-9-15)24-19-18(16-10-5-13(22)11-17(16)23)20(26)25(12(2)3)21(19)27/h5-12,24H,4H2,1-3H3. The van der Waals surface area contributed by atoms with Gasteiger partial charge in [0.15, 0.2) is 0 Å². The number of carbonyl (C=O) groups is 2. The monoisotopic (exact) mass is 418 g/mol. The Morgan fingerprint density at radius 2 is 1.71 bits per heavy atom. The Kier molecular flexibility index (Phi) is 5.96. The maximum atomic E-state index is 13.0. The number of hydrogen-bond acceptors (Lipinski definition) is 4. The van der Waals surface area contributed by atoms with E-state index in [1.165, 1.54) is 4.90 Å². The fourth-order valence-electron chi connectivity index (χ4n) is 3.02. The zero-order valence-electron chi connectivity index (χ0n) is 15.8. The second-order valence-electron chi connectivity index (χ2n) is 6.53. The number of ether oxygens (including phenoxy) is 1. The average molecular weight is 419 g/mol. The highest BCUT2D eigenvalue weighted by Crippen LogP contribution is 2.36. The Hall–Kier alpha value is -2.50. The number of hydrogen-bond donors (Lipinski definition) is 1. The molecule has 0 radical (unpaired) electrons. The van der Waals surface area contributed by atoms with Crippen molar-refractivity contribution in [3.63, 3.8) is 0 Å². The van der Waals surface area contributed by atoms with Crippen molar-refractivity contribution in [2.24, 2.45) is 0 Å². The van der Waals surface area contributed by atoms with Crippen molar-refractivity contribution in [2.45, 2.75) is 26.8 Å². The van der Waals surface area contributed by atoms with E-state index in [4.69, 9.17) is 27.9 Å². The van der Waals surface area contributed by atoms with Crippen molar-refractivity contribution in [2.75, 3.05) is 11.9 Å². The van der Waals surface area contributed by atoms with E-state index in [2.05, 4.69) is 5.32 Å². The highest BCUT2D eigenvalue weighted by atomic mass is 35.5. The highest BCUT2D eigenvalue weighted by molar-refractivity contribution is 6.41. The van der Waals surface area contributed by atoms with Crippen molar-refractivity contribution >= 4 is 46.3 Å². The molecule has 1 aliphatic rings. The SMILES string of the molecule is CCOc1ccc(NC2=C(c3ccc(Cl)cc3Cl)C(=O)N(C(C)C)C2=O)cc1. The summed E-state index contributed by atoms with van der Waals surface area (Å²) in [5, 5.41) is 3.84. The van der Waals surface area contributed by atoms with Gasteiger partial charge in [-0.1, -0.05) is 29.3 Å². The minimum absolute atomic E-state index is 0.187. The van der Waals surface area contributed by atoms with Gasteiger partial charge in [0.1, 0.15) is 11.4 Å². The molecular formula is C21H20Cl2N2O3. The number of amides is 2. The molecule has 1 N–H and O–H groups in total. The molecule has 0 bridgehead atoms. The molecule has 0 spiro atoms. The maximum Gasteiger partial charge on any atom is 0.278 e. The molecule has 0 saturated carbocycles. The Morgan fingerprint density at radius 3 is 2.29 bits per heavy atom. The second-order valence-corrected chi connectivity index (χ2v) is 7.37. The molecule has 0 fully saturated rings. The van der Waals surface area contributed by atoms with Gasteiger partial charge in [-0.2, -0.15) is 0 Å². The lowest BCUT2D eigenvalue weighted by Gasteiger charge is -2.19. The number of imide groups is 1. The molecule has 2 amide bonds. The third-order valence-electron chi connectivity index (χ3n) is 4.27. The molecule has 5 nitrogen and oxygen atoms in total. The number of benzene rings is 2. The van der Waals surface area contributed by atoms with Crippen LogP contribution in [0.2, 0.25) is 10.0 Å². The van der Waals surface area contributed by atoms with Gasteiger partial charge in [0, 0.05) is 22.3 Å². The van der Waals surface area contributed by atoms with Crippen LogP contribution >= 0.6 is 23.2 Å². The normalized spacial score (nSPS) is 14.3. The van der Waals surface area contributed by atoms with Gasteiger partial charge in [0.05, 0.1) is 17.2 Å². The first-order valence-corrected chi connectivity index (χ1v) is 9.66. The Bertz CT molecular complexity index is 953. The van der Waals surface area contributed by atoms with Crippen molar-refractivity contribution in [3.8, 4) is 5.75 Å². The molecule has 0 aromatic heterocycles. The lowest BCUT2D eigenvalue weighted by Crippen LogP contribution is -2.38. The molecule has 2 aromatic rings. The first-order valence-electron chi connectivity index (χ1n) is 8.91. The zero-order chi connectivity index (χ0) is 20.4. The second kappa shape index (κ2) is 8.25. The smallest absolute Gasteiger partial charge is 0.278 e. The van der Waals surface area contributed by atoms with Crippen molar-refractivity contribution in [1.82, 2.24) is 4.90 Å². The Morgan fingerprint density at radius 1 is 1.04 bits per heavy atom. The topological polar surface area (TPSA) is 58.6 Å².